The molecule has 0 radical (unpaired) electrons. The van der Waals surface area contributed by atoms with E-state index in [0.717, 1.165) is 46.6 Å². The average molecular weight is 470 g/mol. The predicted molar refractivity (Wildman–Crippen MR) is 132 cm³/mol. The van der Waals surface area contributed by atoms with Crippen molar-refractivity contribution in [3.8, 4) is 11.5 Å². The Hall–Kier alpha value is -2.20. The third kappa shape index (κ3) is 5.06. The number of hydrogen-bond donors (Lipinski definition) is 0. The van der Waals surface area contributed by atoms with Crippen LogP contribution in [-0.4, -0.2) is 25.7 Å². The van der Waals surface area contributed by atoms with Crippen molar-refractivity contribution in [2.45, 2.75) is 31.8 Å². The Morgan fingerprint density at radius 2 is 1.66 bits per heavy atom. The van der Waals surface area contributed by atoms with Gasteiger partial charge in [0.2, 0.25) is 0 Å². The Morgan fingerprint density at radius 3 is 2.34 bits per heavy atom. The van der Waals surface area contributed by atoms with Gasteiger partial charge in [0.1, 0.15) is 11.5 Å². The zero-order chi connectivity index (χ0) is 22.7. The number of piperidine rings is 1. The average Bonchev–Trinajstić information content (AvgIpc) is 2.80. The van der Waals surface area contributed by atoms with Crippen molar-refractivity contribution in [2.75, 3.05) is 20.8 Å². The fourth-order valence-electron chi connectivity index (χ4n) is 4.93. The summed E-state index contributed by atoms with van der Waals surface area (Å²) in [6, 6.07) is 22.8. The van der Waals surface area contributed by atoms with E-state index < -0.39 is 0 Å². The lowest BCUT2D eigenvalue weighted by Crippen LogP contribution is -2.41. The molecule has 1 fully saturated rings. The predicted octanol–water partition coefficient (Wildman–Crippen LogP) is 7.38. The Kier molecular flexibility index (Phi) is 7.30. The molecule has 0 N–H and O–H groups in total. The van der Waals surface area contributed by atoms with Gasteiger partial charge < -0.3 is 9.47 Å². The van der Waals surface area contributed by atoms with Crippen LogP contribution in [0.4, 0.5) is 0 Å². The highest BCUT2D eigenvalue weighted by Crippen LogP contribution is 2.46. The highest BCUT2D eigenvalue weighted by Gasteiger charge is 2.37. The van der Waals surface area contributed by atoms with E-state index in [1.165, 1.54) is 11.1 Å². The summed E-state index contributed by atoms with van der Waals surface area (Å²) in [5.41, 5.74) is 3.68. The summed E-state index contributed by atoms with van der Waals surface area (Å²) in [4.78, 5) is 2.56. The number of ether oxygens (including phenoxy) is 2. The van der Waals surface area contributed by atoms with Crippen LogP contribution >= 0.6 is 23.2 Å². The van der Waals surface area contributed by atoms with Gasteiger partial charge in [0.25, 0.3) is 0 Å². The summed E-state index contributed by atoms with van der Waals surface area (Å²) in [5, 5.41) is 1.53. The molecule has 4 rings (SSSR count). The van der Waals surface area contributed by atoms with Crippen molar-refractivity contribution < 1.29 is 9.47 Å². The molecule has 0 amide bonds. The summed E-state index contributed by atoms with van der Waals surface area (Å²) in [7, 11) is 3.38. The monoisotopic (exact) mass is 469 g/mol. The van der Waals surface area contributed by atoms with Gasteiger partial charge >= 0.3 is 0 Å². The fourth-order valence-corrected chi connectivity index (χ4v) is 5.25. The largest absolute Gasteiger partial charge is 0.497 e. The van der Waals surface area contributed by atoms with E-state index in [2.05, 4.69) is 42.2 Å². The van der Waals surface area contributed by atoms with Crippen molar-refractivity contribution in [3.63, 3.8) is 0 Å². The molecule has 0 aromatic heterocycles. The van der Waals surface area contributed by atoms with Crippen molar-refractivity contribution in [1.82, 2.24) is 4.90 Å². The zero-order valence-electron chi connectivity index (χ0n) is 18.7. The number of likely N-dealkylation sites (tertiary alicyclic amines) is 1. The van der Waals surface area contributed by atoms with Crippen LogP contribution in [0.2, 0.25) is 10.0 Å². The van der Waals surface area contributed by atoms with Gasteiger partial charge in [-0.3, -0.25) is 4.90 Å². The van der Waals surface area contributed by atoms with Crippen LogP contribution in [0, 0.1) is 5.92 Å². The van der Waals surface area contributed by atoms with E-state index in [-0.39, 0.29) is 6.04 Å². The molecular weight excluding hydrogens is 441 g/mol. The number of nitrogens with zero attached hydrogens (tertiary/aromatic N) is 1. The summed E-state index contributed by atoms with van der Waals surface area (Å²) in [5.74, 6) is 2.51. The lowest BCUT2D eigenvalue weighted by atomic mass is 9.76. The van der Waals surface area contributed by atoms with Crippen LogP contribution in [0.25, 0.3) is 0 Å². The maximum atomic E-state index is 6.39. The summed E-state index contributed by atoms with van der Waals surface area (Å²) >= 11 is 12.6. The van der Waals surface area contributed by atoms with Gasteiger partial charge in [-0.05, 0) is 53.8 Å². The first kappa shape index (κ1) is 23.0. The third-order valence-electron chi connectivity index (χ3n) is 6.33. The zero-order valence-corrected chi connectivity index (χ0v) is 20.2. The van der Waals surface area contributed by atoms with Crippen LogP contribution in [0.3, 0.4) is 0 Å². The molecule has 3 nitrogen and oxygen atoms in total. The summed E-state index contributed by atoms with van der Waals surface area (Å²) in [6.45, 7) is 4.11. The molecule has 1 aliphatic heterocycles. The minimum absolute atomic E-state index is 0.203. The van der Waals surface area contributed by atoms with Crippen LogP contribution in [0.1, 0.15) is 42.0 Å². The Labute approximate surface area is 200 Å². The molecule has 0 spiro atoms. The normalized spacial score (nSPS) is 21.3. The van der Waals surface area contributed by atoms with Crippen molar-refractivity contribution >= 4 is 23.2 Å². The molecule has 0 bridgehead atoms. The molecule has 0 aliphatic carbocycles. The molecule has 5 heteroatoms. The molecular formula is C27H29Cl2NO2. The molecule has 0 saturated carbocycles. The Morgan fingerprint density at radius 1 is 0.875 bits per heavy atom. The molecule has 1 aliphatic rings. The summed E-state index contributed by atoms with van der Waals surface area (Å²) in [6.07, 6.45) is 1.10. The van der Waals surface area contributed by atoms with Gasteiger partial charge in [-0.1, -0.05) is 60.5 Å². The lowest BCUT2D eigenvalue weighted by molar-refractivity contribution is 0.0841. The number of hydrogen-bond acceptors (Lipinski definition) is 3. The quantitative estimate of drug-likeness (QED) is 0.375. The molecule has 1 heterocycles. The topological polar surface area (TPSA) is 21.7 Å². The molecule has 1 unspecified atom stereocenters. The minimum Gasteiger partial charge on any atom is -0.497 e. The van der Waals surface area contributed by atoms with E-state index in [1.807, 2.05) is 36.4 Å². The van der Waals surface area contributed by atoms with Crippen LogP contribution < -0.4 is 9.47 Å². The second-order valence-electron chi connectivity index (χ2n) is 8.61. The van der Waals surface area contributed by atoms with Gasteiger partial charge in [0, 0.05) is 46.7 Å². The highest BCUT2D eigenvalue weighted by molar-refractivity contribution is 6.30. The minimum atomic E-state index is 0.203. The number of methoxy groups -OCH3 is 2. The van der Waals surface area contributed by atoms with Gasteiger partial charge in [0.15, 0.2) is 0 Å². The molecule has 3 aromatic carbocycles. The second-order valence-corrected chi connectivity index (χ2v) is 9.48. The number of halogens is 2. The van der Waals surface area contributed by atoms with E-state index >= 15 is 0 Å². The molecule has 3 atom stereocenters. The number of benzene rings is 3. The first-order valence-corrected chi connectivity index (χ1v) is 11.7. The van der Waals surface area contributed by atoms with Crippen molar-refractivity contribution in [2.24, 2.45) is 5.92 Å². The van der Waals surface area contributed by atoms with Gasteiger partial charge in [0.05, 0.1) is 14.2 Å². The molecule has 32 heavy (non-hydrogen) atoms. The first-order valence-electron chi connectivity index (χ1n) is 10.9. The highest BCUT2D eigenvalue weighted by atomic mass is 35.5. The SMILES string of the molecule is COc1ccc(CN2CC(C)C[C@H](c3cccc(Cl)c3)[C@H]2c2ccc(Cl)cc2)c(OC)c1. The van der Waals surface area contributed by atoms with Crippen LogP contribution in [-0.2, 0) is 6.54 Å². The van der Waals surface area contributed by atoms with Gasteiger partial charge in [-0.15, -0.1) is 0 Å². The number of rotatable bonds is 6. The first-order chi connectivity index (χ1) is 15.5. The maximum absolute atomic E-state index is 6.39. The standard InChI is InChI=1S/C27H29Cl2NO2/c1-18-13-25(20-5-4-6-23(29)14-20)27(19-7-10-22(28)11-8-19)30(16-18)17-21-9-12-24(31-2)15-26(21)32-3/h4-12,14-15,18,25,27H,13,16-17H2,1-3H3/t18?,25-,27-/m1/s1. The fraction of sp³-hybridized carbons (Fsp3) is 0.333. The van der Waals surface area contributed by atoms with Gasteiger partial charge in [-0.25, -0.2) is 0 Å². The van der Waals surface area contributed by atoms with Crippen molar-refractivity contribution in [1.29, 1.82) is 0 Å². The van der Waals surface area contributed by atoms with Crippen LogP contribution in [0.5, 0.6) is 11.5 Å². The van der Waals surface area contributed by atoms with E-state index in [1.54, 1.807) is 14.2 Å². The van der Waals surface area contributed by atoms with Crippen molar-refractivity contribution in [3.05, 3.63) is 93.5 Å². The maximum Gasteiger partial charge on any atom is 0.127 e. The second kappa shape index (κ2) is 10.2. The lowest BCUT2D eigenvalue weighted by Gasteiger charge is -2.45. The Bertz CT molecular complexity index is 1050. The Balaban J connectivity index is 1.75. The van der Waals surface area contributed by atoms with E-state index in [9.17, 15) is 0 Å². The van der Waals surface area contributed by atoms with Gasteiger partial charge in [-0.2, -0.15) is 0 Å². The van der Waals surface area contributed by atoms with E-state index in [4.69, 9.17) is 32.7 Å². The smallest absolute Gasteiger partial charge is 0.127 e. The van der Waals surface area contributed by atoms with Crippen LogP contribution in [0.15, 0.2) is 66.7 Å². The van der Waals surface area contributed by atoms with E-state index in [0.29, 0.717) is 11.8 Å². The molecule has 168 valence electrons. The third-order valence-corrected chi connectivity index (χ3v) is 6.82. The molecule has 3 aromatic rings. The summed E-state index contributed by atoms with van der Waals surface area (Å²) < 4.78 is 11.1. The molecule has 1 saturated heterocycles.